The summed E-state index contributed by atoms with van der Waals surface area (Å²) in [6, 6.07) is 1.61. The number of Topliss-reactive ketones (excluding diaryl/α,β-unsaturated/α-hetero) is 1. The van der Waals surface area contributed by atoms with E-state index >= 15 is 4.79 Å². The van der Waals surface area contributed by atoms with Crippen LogP contribution in [0.2, 0.25) is 0 Å². The maximum absolute atomic E-state index is 15.3. The maximum atomic E-state index is 15.3. The van der Waals surface area contributed by atoms with Crippen LogP contribution in [0.1, 0.15) is 86.8 Å². The number of fused-ring (bicyclic) bond motifs is 5. The highest BCUT2D eigenvalue weighted by molar-refractivity contribution is 6.00. The van der Waals surface area contributed by atoms with Gasteiger partial charge in [0.25, 0.3) is 0 Å². The van der Waals surface area contributed by atoms with Crippen molar-refractivity contribution in [2.75, 3.05) is 7.11 Å². The molecule has 284 valence electrons. The van der Waals surface area contributed by atoms with Crippen LogP contribution < -0.4 is 0 Å². The molecule has 0 amide bonds. The van der Waals surface area contributed by atoms with Gasteiger partial charge in [0, 0.05) is 40.2 Å². The second kappa shape index (κ2) is 13.3. The number of aliphatic hydroxyl groups is 2. The summed E-state index contributed by atoms with van der Waals surface area (Å²) in [5, 5.41) is 25.0. The minimum absolute atomic E-state index is 0.0742. The Morgan fingerprint density at radius 3 is 2.21 bits per heavy atom. The van der Waals surface area contributed by atoms with Crippen molar-refractivity contribution < 1.29 is 67.1 Å². The molecule has 3 aliphatic carbocycles. The van der Waals surface area contributed by atoms with E-state index in [9.17, 15) is 34.2 Å². The van der Waals surface area contributed by atoms with E-state index < -0.39 is 106 Å². The predicted octanol–water partition coefficient (Wildman–Crippen LogP) is 3.48. The minimum Gasteiger partial charge on any atom is -0.472 e. The molecule has 1 saturated heterocycles. The lowest BCUT2D eigenvalue weighted by molar-refractivity contribution is -0.266. The molecule has 52 heavy (non-hydrogen) atoms. The van der Waals surface area contributed by atoms with Crippen LogP contribution in [0.15, 0.2) is 45.8 Å². The Morgan fingerprint density at radius 2 is 1.67 bits per heavy atom. The summed E-state index contributed by atoms with van der Waals surface area (Å²) in [4.78, 5) is 82.3. The van der Waals surface area contributed by atoms with Gasteiger partial charge in [0.2, 0.25) is 11.7 Å². The Balaban J connectivity index is 1.95. The molecule has 4 aliphatic rings. The molecule has 1 aromatic rings. The van der Waals surface area contributed by atoms with E-state index in [1.165, 1.54) is 32.4 Å². The largest absolute Gasteiger partial charge is 0.472 e. The molecule has 5 rings (SSSR count). The van der Waals surface area contributed by atoms with Crippen molar-refractivity contribution in [3.8, 4) is 0 Å². The van der Waals surface area contributed by atoms with Crippen LogP contribution in [0.4, 0.5) is 0 Å². The number of methoxy groups -OCH3 is 1. The molecule has 0 spiro atoms. The summed E-state index contributed by atoms with van der Waals surface area (Å²) in [7, 11) is 1.07. The number of aliphatic hydroxyl groups excluding tert-OH is 1. The van der Waals surface area contributed by atoms with Crippen LogP contribution in [0.25, 0.3) is 0 Å². The smallest absolute Gasteiger partial charge is 0.352 e. The van der Waals surface area contributed by atoms with Gasteiger partial charge < -0.3 is 38.3 Å². The van der Waals surface area contributed by atoms with Gasteiger partial charge in [-0.3, -0.25) is 14.4 Å². The van der Waals surface area contributed by atoms with Crippen LogP contribution >= 0.6 is 0 Å². The fourth-order valence-corrected chi connectivity index (χ4v) is 9.50. The molecule has 2 N–H and O–H groups in total. The number of rotatable bonds is 8. The summed E-state index contributed by atoms with van der Waals surface area (Å²) in [5.41, 5.74) is -6.73. The normalized spacial score (nSPS) is 35.8. The summed E-state index contributed by atoms with van der Waals surface area (Å²) < 4.78 is 34.1. The van der Waals surface area contributed by atoms with E-state index in [1.54, 1.807) is 47.6 Å². The maximum Gasteiger partial charge on any atom is 0.352 e. The number of ketones is 1. The Morgan fingerprint density at radius 1 is 1.02 bits per heavy atom. The first-order valence-corrected chi connectivity index (χ1v) is 17.4. The van der Waals surface area contributed by atoms with Gasteiger partial charge in [0.15, 0.2) is 18.0 Å². The third-order valence-corrected chi connectivity index (χ3v) is 11.9. The average Bonchev–Trinajstić information content (AvgIpc) is 3.62. The molecule has 14 nitrogen and oxygen atoms in total. The van der Waals surface area contributed by atoms with Gasteiger partial charge >= 0.3 is 29.8 Å². The SMILES string of the molecule is CC=C(C)C(=O)O[C@H]1C(C)(C)[C@H]([C@@H](O)C(=O)OC)[C@]2(C)C(=O)[C@@]1(O)[C@@H](OC(=O)C(C)C)C1=C3[C@@H](OC(C)=O)C(=O)O[C@@H](c4ccoc4)[C@]3(C)CC[C@@H]12. The summed E-state index contributed by atoms with van der Waals surface area (Å²) in [5.74, 6) is -8.77. The summed E-state index contributed by atoms with van der Waals surface area (Å²) in [6.45, 7) is 13.6. The van der Waals surface area contributed by atoms with Gasteiger partial charge in [0.1, 0.15) is 12.2 Å². The number of esters is 5. The van der Waals surface area contributed by atoms with Crippen LogP contribution in [0.3, 0.4) is 0 Å². The van der Waals surface area contributed by atoms with Crippen molar-refractivity contribution in [1.82, 2.24) is 0 Å². The van der Waals surface area contributed by atoms with E-state index in [1.807, 2.05) is 0 Å². The van der Waals surface area contributed by atoms with Gasteiger partial charge in [-0.25, -0.2) is 14.4 Å². The average molecular weight is 729 g/mol. The first-order valence-electron chi connectivity index (χ1n) is 17.4. The fraction of sp³-hybridized carbons (Fsp3) is 0.632. The number of hydrogen-bond acceptors (Lipinski definition) is 14. The summed E-state index contributed by atoms with van der Waals surface area (Å²) >= 11 is 0. The molecular formula is C38H48O14. The van der Waals surface area contributed by atoms with Crippen LogP contribution in [0.5, 0.6) is 0 Å². The molecule has 10 atom stereocenters. The number of furan rings is 1. The second-order valence-corrected chi connectivity index (χ2v) is 15.7. The van der Waals surface area contributed by atoms with Crippen molar-refractivity contribution >= 4 is 35.6 Å². The standard InChI is InChI=1S/C38H48O14/c1-11-18(4)30(42)52-34-35(6,7)26(24(40)31(43)47-10)37(9)21-12-14-36(8)23(22(21)28(38(34,46)33(37)45)51-29(41)17(2)3)25(49-19(5)39)32(44)50-27(36)20-13-15-48-16-20/h11,13,15-17,21,24-28,34,40,46H,12,14H2,1-10H3/t21-,24+,25+,26-,27-,28-,34-,36+,37+,38-/m0/s1. The Hall–Kier alpha value is -4.30. The van der Waals surface area contributed by atoms with E-state index in [2.05, 4.69) is 0 Å². The summed E-state index contributed by atoms with van der Waals surface area (Å²) in [6.07, 6.45) is -3.86. The first kappa shape index (κ1) is 38.9. The van der Waals surface area contributed by atoms with Crippen LogP contribution in [-0.4, -0.2) is 83.0 Å². The Bertz CT molecular complexity index is 1730. The van der Waals surface area contributed by atoms with E-state index in [4.69, 9.17) is 28.1 Å². The predicted molar refractivity (Wildman–Crippen MR) is 178 cm³/mol. The van der Waals surface area contributed by atoms with Crippen LogP contribution in [-0.2, 0) is 52.5 Å². The topological polar surface area (TPSA) is 202 Å². The van der Waals surface area contributed by atoms with Gasteiger partial charge in [-0.15, -0.1) is 0 Å². The molecule has 0 aromatic carbocycles. The lowest BCUT2D eigenvalue weighted by Crippen LogP contribution is -2.81. The number of cyclic esters (lactones) is 1. The second-order valence-electron chi connectivity index (χ2n) is 15.7. The zero-order chi connectivity index (χ0) is 38.9. The van der Waals surface area contributed by atoms with Gasteiger partial charge in [0.05, 0.1) is 25.6 Å². The molecule has 2 heterocycles. The molecule has 14 heteroatoms. The van der Waals surface area contributed by atoms with E-state index in [0.717, 1.165) is 14.0 Å². The number of carbonyl (C=O) groups excluding carboxylic acids is 6. The molecule has 1 aliphatic heterocycles. The third-order valence-electron chi connectivity index (χ3n) is 11.9. The minimum atomic E-state index is -2.86. The Labute approximate surface area is 301 Å². The van der Waals surface area contributed by atoms with E-state index in [0.29, 0.717) is 5.56 Å². The van der Waals surface area contributed by atoms with Crippen molar-refractivity contribution in [3.63, 3.8) is 0 Å². The van der Waals surface area contributed by atoms with Gasteiger partial charge in [-0.05, 0) is 49.8 Å². The molecule has 3 fully saturated rings. The number of carbonyl (C=O) groups is 6. The highest BCUT2D eigenvalue weighted by Crippen LogP contribution is 2.69. The molecular weight excluding hydrogens is 680 g/mol. The van der Waals surface area contributed by atoms with E-state index in [-0.39, 0.29) is 29.6 Å². The number of ether oxygens (including phenoxy) is 5. The quantitative estimate of drug-likeness (QED) is 0.170. The molecule has 0 unspecified atom stereocenters. The monoisotopic (exact) mass is 728 g/mol. The zero-order valence-electron chi connectivity index (χ0n) is 31.1. The highest BCUT2D eigenvalue weighted by atomic mass is 16.6. The Kier molecular flexibility index (Phi) is 9.94. The van der Waals surface area contributed by atoms with Crippen molar-refractivity contribution in [3.05, 3.63) is 47.0 Å². The van der Waals surface area contributed by atoms with Crippen LogP contribution in [0, 0.1) is 34.0 Å². The fourth-order valence-electron chi connectivity index (χ4n) is 9.50. The zero-order valence-corrected chi connectivity index (χ0v) is 31.1. The molecule has 1 aromatic heterocycles. The third kappa shape index (κ3) is 5.51. The first-order chi connectivity index (χ1) is 24.1. The molecule has 0 radical (unpaired) electrons. The highest BCUT2D eigenvalue weighted by Gasteiger charge is 2.80. The van der Waals surface area contributed by atoms with Gasteiger partial charge in [-0.2, -0.15) is 0 Å². The lowest BCUT2D eigenvalue weighted by atomic mass is 9.38. The molecule has 2 saturated carbocycles. The van der Waals surface area contributed by atoms with Crippen molar-refractivity contribution in [1.29, 1.82) is 0 Å². The van der Waals surface area contributed by atoms with Crippen molar-refractivity contribution in [2.24, 2.45) is 34.0 Å². The number of allylic oxidation sites excluding steroid dienone is 1. The molecule has 2 bridgehead atoms. The van der Waals surface area contributed by atoms with Gasteiger partial charge in [-0.1, -0.05) is 47.6 Å². The number of hydrogen-bond donors (Lipinski definition) is 2. The van der Waals surface area contributed by atoms with Crippen molar-refractivity contribution in [2.45, 2.75) is 111 Å². The lowest BCUT2D eigenvalue weighted by Gasteiger charge is -2.67.